The van der Waals surface area contributed by atoms with Crippen LogP contribution in [0.5, 0.6) is 0 Å². The van der Waals surface area contributed by atoms with E-state index in [1.807, 2.05) is 20.8 Å². The maximum Gasteiger partial charge on any atom is 0.410 e. The molecule has 2 aliphatic heterocycles. The summed E-state index contributed by atoms with van der Waals surface area (Å²) < 4.78 is 67.5. The lowest BCUT2D eigenvalue weighted by atomic mass is 9.84. The Bertz CT molecular complexity index is 2930. The van der Waals surface area contributed by atoms with Crippen molar-refractivity contribution in [3.63, 3.8) is 0 Å². The topological polar surface area (TPSA) is 260 Å². The lowest BCUT2D eigenvalue weighted by Gasteiger charge is -2.41. The summed E-state index contributed by atoms with van der Waals surface area (Å²) >= 11 is 0. The quantitative estimate of drug-likeness (QED) is 0.0229. The van der Waals surface area contributed by atoms with Crippen LogP contribution < -0.4 is 32.3 Å². The van der Waals surface area contributed by atoms with Gasteiger partial charge in [-0.05, 0) is 90.6 Å². The van der Waals surface area contributed by atoms with E-state index in [1.54, 1.807) is 48.7 Å². The van der Waals surface area contributed by atoms with Crippen LogP contribution in [0.1, 0.15) is 96.1 Å². The minimum Gasteiger partial charge on any atom is -0.445 e. The van der Waals surface area contributed by atoms with E-state index < -0.39 is 89.0 Å². The summed E-state index contributed by atoms with van der Waals surface area (Å²) in [6.07, 6.45) is 3.37. The molecule has 10 amide bonds. The van der Waals surface area contributed by atoms with Crippen molar-refractivity contribution in [2.24, 2.45) is 23.0 Å². The molecule has 0 saturated carbocycles. The molecule has 7 N–H and O–H groups in total. The lowest BCUT2D eigenvalue weighted by Crippen LogP contribution is -2.54. The number of nitrogens with one attached hydrogen (secondary N) is 5. The number of nitrogens with zero attached hydrogens (tertiary/aromatic N) is 5. The molecule has 0 unspecified atom stereocenters. The molecule has 6 rings (SSSR count). The van der Waals surface area contributed by atoms with Gasteiger partial charge in [0.25, 0.3) is 11.8 Å². The van der Waals surface area contributed by atoms with E-state index in [1.165, 1.54) is 53.4 Å². The van der Waals surface area contributed by atoms with Crippen LogP contribution in [0, 0.1) is 34.7 Å². The van der Waals surface area contributed by atoms with E-state index in [4.69, 9.17) is 15.5 Å². The Morgan fingerprint density at radius 2 is 1.56 bits per heavy atom. The van der Waals surface area contributed by atoms with Gasteiger partial charge in [-0.3, -0.25) is 28.9 Å². The summed E-state index contributed by atoms with van der Waals surface area (Å²) in [6, 6.07) is 10.6. The summed E-state index contributed by atoms with van der Waals surface area (Å²) in [6.45, 7) is 8.40. The molecular weight excluding hydrogens is 1060 g/mol. The number of hydrogen-bond donors (Lipinski definition) is 6. The zero-order valence-corrected chi connectivity index (χ0v) is 46.2. The molecule has 1 saturated heterocycles. The molecule has 3 heterocycles. The number of alkyl halides is 1. The Morgan fingerprint density at radius 3 is 2.21 bits per heavy atom. The van der Waals surface area contributed by atoms with Crippen LogP contribution in [0.2, 0.25) is 0 Å². The number of anilines is 1. The van der Waals surface area contributed by atoms with Crippen molar-refractivity contribution < 1.29 is 60.7 Å². The number of urea groups is 2. The van der Waals surface area contributed by atoms with E-state index in [0.717, 1.165) is 23.1 Å². The minimum atomic E-state index is -1.60. The third kappa shape index (κ3) is 17.3. The molecule has 81 heavy (non-hydrogen) atoms. The summed E-state index contributed by atoms with van der Waals surface area (Å²) in [5.41, 5.74) is 5.63. The number of aromatic nitrogens is 2. The number of imide groups is 1. The molecule has 436 valence electrons. The SMILES string of the molecule is CNC(=O)N(C[C@@H]1CN(C(=O)OCc2ccc(NC(=O)[C@H](CCCNC(N)=O)NC(=O)[C@@H](NC(=O)CCCCCN3C(=O)C=CC3=O)C(C)C)cc2)C[C@@H]1F)[C@@H](c1nc(-c2cc(F)ccc2F)cn1Cc1cccc(F)c1)C(C)(C)C. The molecule has 1 fully saturated rings. The standard InChI is InChI=1S/C57H71F4N11O9/c1-34(2)49(68-46(73)15-8-7-9-25-71-47(74)22-23-48(71)75)53(77)67-44(14-11-24-64-54(62)78)52(76)65-40-19-16-35(17-20-40)33-81-56(80)70-29-37(43(61)31-70)30-72(55(79)63-6)50(57(3,4)5)51-66-45(41-27-39(59)18-21-42(41)60)32-69(51)28-36-12-10-13-38(58)26-36/h10,12-13,16-23,26-27,32,34,37,43-44,49-50H,7-9,11,14-15,24-25,28-31,33H2,1-6H3,(H,63,79)(H,65,76)(H,67,77)(H,68,73)(H3,62,64,78)/t37-,43-,44-,49-,50-/m0/s1. The van der Waals surface area contributed by atoms with Crippen LogP contribution in [-0.2, 0) is 41.9 Å². The first kappa shape index (κ1) is 61.9. The second-order valence-electron chi connectivity index (χ2n) is 21.5. The maximum absolute atomic E-state index is 16.1. The third-order valence-electron chi connectivity index (χ3n) is 13.8. The highest BCUT2D eigenvalue weighted by Gasteiger charge is 2.44. The van der Waals surface area contributed by atoms with Crippen molar-refractivity contribution in [2.45, 2.75) is 111 Å². The van der Waals surface area contributed by atoms with E-state index in [9.17, 15) is 47.1 Å². The number of primary amides is 1. The van der Waals surface area contributed by atoms with Crippen LogP contribution in [-0.4, -0.2) is 130 Å². The molecule has 0 spiro atoms. The molecule has 4 aromatic rings. The van der Waals surface area contributed by atoms with Crippen LogP contribution >= 0.6 is 0 Å². The van der Waals surface area contributed by atoms with Crippen molar-refractivity contribution >= 4 is 53.4 Å². The summed E-state index contributed by atoms with van der Waals surface area (Å²) in [4.78, 5) is 111. The molecule has 0 bridgehead atoms. The number of nitrogens with two attached hydrogens (primary N) is 1. The number of benzene rings is 3. The molecule has 0 radical (unpaired) electrons. The van der Waals surface area contributed by atoms with E-state index in [0.29, 0.717) is 36.1 Å². The van der Waals surface area contributed by atoms with Crippen LogP contribution in [0.3, 0.4) is 0 Å². The highest BCUT2D eigenvalue weighted by molar-refractivity contribution is 6.12. The van der Waals surface area contributed by atoms with Gasteiger partial charge in [0.15, 0.2) is 0 Å². The second-order valence-corrected chi connectivity index (χ2v) is 21.5. The molecule has 2 aliphatic rings. The minimum absolute atomic E-state index is 0.0273. The number of ether oxygens (including phenoxy) is 1. The Labute approximate surface area is 467 Å². The van der Waals surface area contributed by atoms with Crippen molar-refractivity contribution in [1.82, 2.24) is 45.5 Å². The van der Waals surface area contributed by atoms with E-state index in [-0.39, 0.29) is 100.0 Å². The number of rotatable bonds is 25. The fourth-order valence-electron chi connectivity index (χ4n) is 9.64. The molecule has 1 aromatic heterocycles. The van der Waals surface area contributed by atoms with E-state index >= 15 is 8.78 Å². The molecule has 3 aromatic carbocycles. The normalized spacial score (nSPS) is 16.2. The Balaban J connectivity index is 1.07. The Kier molecular flexibility index (Phi) is 21.6. The monoisotopic (exact) mass is 1130 g/mol. The van der Waals surface area contributed by atoms with Gasteiger partial charge in [0, 0.05) is 81.7 Å². The van der Waals surface area contributed by atoms with Gasteiger partial charge in [-0.2, -0.15) is 0 Å². The number of carbonyl (C=O) groups excluding carboxylic acids is 8. The fourth-order valence-corrected chi connectivity index (χ4v) is 9.64. The number of likely N-dealkylation sites (tertiary alicyclic amines) is 1. The van der Waals surface area contributed by atoms with Gasteiger partial charge in [0.1, 0.15) is 48.1 Å². The smallest absolute Gasteiger partial charge is 0.410 e. The predicted molar refractivity (Wildman–Crippen MR) is 292 cm³/mol. The third-order valence-corrected chi connectivity index (χ3v) is 13.8. The lowest BCUT2D eigenvalue weighted by molar-refractivity contribution is -0.137. The van der Waals surface area contributed by atoms with Gasteiger partial charge in [0.2, 0.25) is 17.7 Å². The van der Waals surface area contributed by atoms with Gasteiger partial charge < -0.3 is 51.4 Å². The largest absolute Gasteiger partial charge is 0.445 e. The summed E-state index contributed by atoms with van der Waals surface area (Å²) in [5.74, 6) is -5.39. The average Bonchev–Trinajstić information content (AvgIpc) is 4.13. The Morgan fingerprint density at radius 1 is 0.852 bits per heavy atom. The maximum atomic E-state index is 16.1. The molecule has 5 atom stereocenters. The van der Waals surface area contributed by atoms with Crippen LogP contribution in [0.15, 0.2) is 85.1 Å². The first-order valence-electron chi connectivity index (χ1n) is 26.8. The van der Waals surface area contributed by atoms with E-state index in [2.05, 4.69) is 26.6 Å². The van der Waals surface area contributed by atoms with Crippen molar-refractivity contribution in [3.8, 4) is 11.3 Å². The number of amides is 10. The van der Waals surface area contributed by atoms with Crippen molar-refractivity contribution in [3.05, 3.63) is 119 Å². The first-order chi connectivity index (χ1) is 38.4. The molecule has 24 heteroatoms. The van der Waals surface area contributed by atoms with Gasteiger partial charge >= 0.3 is 18.2 Å². The van der Waals surface area contributed by atoms with Crippen molar-refractivity contribution in [1.29, 1.82) is 0 Å². The van der Waals surface area contributed by atoms with Crippen LogP contribution in [0.4, 0.5) is 37.6 Å². The number of carbonyl (C=O) groups is 8. The van der Waals surface area contributed by atoms with Crippen LogP contribution in [0.25, 0.3) is 11.3 Å². The molecule has 20 nitrogen and oxygen atoms in total. The average molecular weight is 1130 g/mol. The van der Waals surface area contributed by atoms with Gasteiger partial charge in [-0.1, -0.05) is 65.3 Å². The first-order valence-corrected chi connectivity index (χ1v) is 26.8. The zero-order chi connectivity index (χ0) is 59.1. The zero-order valence-electron chi connectivity index (χ0n) is 46.2. The highest BCUT2D eigenvalue weighted by atomic mass is 19.1. The summed E-state index contributed by atoms with van der Waals surface area (Å²) in [5, 5.41) is 13.3. The molecular formula is C57H71F4N11O9. The van der Waals surface area contributed by atoms with Gasteiger partial charge in [0.05, 0.1) is 18.3 Å². The number of unbranched alkanes of at least 4 members (excludes halogenated alkanes) is 2. The predicted octanol–water partition coefficient (Wildman–Crippen LogP) is 6.85. The second kappa shape index (κ2) is 28.2. The van der Waals surface area contributed by atoms with Gasteiger partial charge in [-0.25, -0.2) is 36.9 Å². The highest BCUT2D eigenvalue weighted by Crippen LogP contribution is 2.41. The number of hydrogen-bond acceptors (Lipinski definition) is 10. The summed E-state index contributed by atoms with van der Waals surface area (Å²) in [7, 11) is 1.41. The van der Waals surface area contributed by atoms with Gasteiger partial charge in [-0.15, -0.1) is 0 Å². The van der Waals surface area contributed by atoms with Crippen molar-refractivity contribution in [2.75, 3.05) is 45.1 Å². The fraction of sp³-hybridized carbons (Fsp3) is 0.456. The number of imidazole rings is 1. The molecule has 0 aliphatic carbocycles. The number of halogens is 4. The Hall–Kier alpha value is -8.31.